The van der Waals surface area contributed by atoms with E-state index in [4.69, 9.17) is 10.9 Å². The predicted molar refractivity (Wildman–Crippen MR) is 73.3 cm³/mol. The lowest BCUT2D eigenvalue weighted by Crippen LogP contribution is -2.60. The zero-order valence-corrected chi connectivity index (χ0v) is 11.6. The first-order chi connectivity index (χ1) is 9.45. The molecular formula is C12H19FN6O. The molecule has 1 aliphatic rings. The summed E-state index contributed by atoms with van der Waals surface area (Å²) >= 11 is 0. The molecule has 2 rings (SSSR count). The van der Waals surface area contributed by atoms with Crippen molar-refractivity contribution in [2.45, 2.75) is 19.4 Å². The average Bonchev–Trinajstić information content (AvgIpc) is 2.47. The summed E-state index contributed by atoms with van der Waals surface area (Å²) in [5.74, 6) is 0.261. The highest BCUT2D eigenvalue weighted by atomic mass is 19.1. The third kappa shape index (κ3) is 2.79. The van der Waals surface area contributed by atoms with Gasteiger partial charge in [-0.3, -0.25) is 4.90 Å². The topological polar surface area (TPSA) is 90.9 Å². The van der Waals surface area contributed by atoms with Crippen LogP contribution in [0, 0.1) is 5.82 Å². The van der Waals surface area contributed by atoms with Crippen LogP contribution in [0.2, 0.25) is 0 Å². The van der Waals surface area contributed by atoms with Gasteiger partial charge < -0.3 is 15.8 Å². The van der Waals surface area contributed by atoms with Crippen LogP contribution in [-0.2, 0) is 0 Å². The summed E-state index contributed by atoms with van der Waals surface area (Å²) in [7, 11) is 0. The van der Waals surface area contributed by atoms with E-state index < -0.39 is 11.4 Å². The molecule has 0 atom stereocenters. The molecule has 0 unspecified atom stereocenters. The number of hydrogen-bond donors (Lipinski definition) is 2. The van der Waals surface area contributed by atoms with Gasteiger partial charge in [-0.05, 0) is 13.8 Å². The van der Waals surface area contributed by atoms with Crippen LogP contribution in [0.25, 0.3) is 0 Å². The average molecular weight is 282 g/mol. The van der Waals surface area contributed by atoms with E-state index in [1.165, 1.54) is 0 Å². The van der Waals surface area contributed by atoms with Gasteiger partial charge in [-0.2, -0.15) is 0 Å². The van der Waals surface area contributed by atoms with Gasteiger partial charge in [0.2, 0.25) is 5.95 Å². The molecule has 0 amide bonds. The Hall–Kier alpha value is -1.96. The molecule has 0 spiro atoms. The van der Waals surface area contributed by atoms with Gasteiger partial charge in [0.1, 0.15) is 0 Å². The molecule has 110 valence electrons. The number of amidine groups is 1. The van der Waals surface area contributed by atoms with E-state index >= 15 is 0 Å². The van der Waals surface area contributed by atoms with E-state index in [1.807, 2.05) is 18.7 Å². The molecule has 3 N–H and O–H groups in total. The number of halogens is 1. The summed E-state index contributed by atoms with van der Waals surface area (Å²) in [6.45, 7) is 6.67. The van der Waals surface area contributed by atoms with Crippen molar-refractivity contribution in [3.05, 3.63) is 18.2 Å². The van der Waals surface area contributed by atoms with Crippen molar-refractivity contribution in [2.24, 2.45) is 10.9 Å². The molecule has 0 aliphatic carbocycles. The van der Waals surface area contributed by atoms with Crippen molar-refractivity contribution in [1.29, 1.82) is 0 Å². The predicted octanol–water partition coefficient (Wildman–Crippen LogP) is 0.263. The number of anilines is 1. The van der Waals surface area contributed by atoms with Crippen molar-refractivity contribution < 1.29 is 9.60 Å². The quantitative estimate of drug-likeness (QED) is 0.358. The summed E-state index contributed by atoms with van der Waals surface area (Å²) in [6.07, 6.45) is 2.32. The van der Waals surface area contributed by atoms with E-state index in [9.17, 15) is 4.39 Å². The fraction of sp³-hybridized carbons (Fsp3) is 0.583. The maximum atomic E-state index is 12.8. The molecule has 8 heteroatoms. The first-order valence-electron chi connectivity index (χ1n) is 6.40. The molecule has 0 aromatic carbocycles. The van der Waals surface area contributed by atoms with Gasteiger partial charge in [0, 0.05) is 26.2 Å². The molecule has 1 fully saturated rings. The highest BCUT2D eigenvalue weighted by molar-refractivity contribution is 5.88. The Morgan fingerprint density at radius 1 is 1.30 bits per heavy atom. The van der Waals surface area contributed by atoms with Gasteiger partial charge >= 0.3 is 0 Å². The fourth-order valence-electron chi connectivity index (χ4n) is 2.22. The summed E-state index contributed by atoms with van der Waals surface area (Å²) in [6, 6.07) is 0. The molecule has 0 radical (unpaired) electrons. The normalized spacial score (nSPS) is 18.4. The van der Waals surface area contributed by atoms with Gasteiger partial charge in [0.25, 0.3) is 0 Å². The monoisotopic (exact) mass is 282 g/mol. The van der Waals surface area contributed by atoms with Crippen LogP contribution in [0.4, 0.5) is 10.3 Å². The minimum atomic E-state index is -0.509. The number of nitrogens with two attached hydrogens (primary N) is 1. The smallest absolute Gasteiger partial charge is 0.225 e. The fourth-order valence-corrected chi connectivity index (χ4v) is 2.22. The summed E-state index contributed by atoms with van der Waals surface area (Å²) in [5.41, 5.74) is 5.21. The van der Waals surface area contributed by atoms with E-state index in [-0.39, 0.29) is 5.84 Å². The van der Waals surface area contributed by atoms with Crippen LogP contribution in [0.1, 0.15) is 13.8 Å². The van der Waals surface area contributed by atoms with Crippen LogP contribution in [-0.4, -0.2) is 57.6 Å². The lowest BCUT2D eigenvalue weighted by molar-refractivity contribution is 0.160. The van der Waals surface area contributed by atoms with Crippen LogP contribution in [0.3, 0.4) is 0 Å². The van der Waals surface area contributed by atoms with Crippen LogP contribution >= 0.6 is 0 Å². The number of oxime groups is 1. The van der Waals surface area contributed by atoms with Crippen molar-refractivity contribution >= 4 is 11.8 Å². The lowest BCUT2D eigenvalue weighted by Gasteiger charge is -2.43. The molecule has 1 aromatic rings. The number of nitrogens with zero attached hydrogens (tertiary/aromatic N) is 5. The van der Waals surface area contributed by atoms with Crippen LogP contribution in [0.15, 0.2) is 17.5 Å². The summed E-state index contributed by atoms with van der Waals surface area (Å²) < 4.78 is 12.8. The number of hydrogen-bond acceptors (Lipinski definition) is 6. The van der Waals surface area contributed by atoms with Gasteiger partial charge in [-0.25, -0.2) is 14.4 Å². The maximum absolute atomic E-state index is 12.8. The third-order valence-electron chi connectivity index (χ3n) is 3.69. The second kappa shape index (κ2) is 5.58. The highest BCUT2D eigenvalue weighted by Crippen LogP contribution is 2.19. The SMILES string of the molecule is CC(C)(C(N)=NO)N1CCN(c2ncc(F)cn2)CC1. The van der Waals surface area contributed by atoms with Gasteiger partial charge in [0.05, 0.1) is 17.9 Å². The molecule has 2 heterocycles. The second-order valence-corrected chi connectivity index (χ2v) is 5.22. The Kier molecular flexibility index (Phi) is 4.03. The van der Waals surface area contributed by atoms with Gasteiger partial charge in [-0.15, -0.1) is 0 Å². The third-order valence-corrected chi connectivity index (χ3v) is 3.69. The summed E-state index contributed by atoms with van der Waals surface area (Å²) in [4.78, 5) is 12.1. The first-order valence-corrected chi connectivity index (χ1v) is 6.40. The van der Waals surface area contributed by atoms with Gasteiger partial charge in [0.15, 0.2) is 11.7 Å². The molecular weight excluding hydrogens is 263 g/mol. The Labute approximate surface area is 116 Å². The van der Waals surface area contributed by atoms with Gasteiger partial charge in [-0.1, -0.05) is 5.16 Å². The minimum Gasteiger partial charge on any atom is -0.409 e. The molecule has 0 bridgehead atoms. The second-order valence-electron chi connectivity index (χ2n) is 5.22. The minimum absolute atomic E-state index is 0.184. The molecule has 1 aliphatic heterocycles. The zero-order chi connectivity index (χ0) is 14.8. The number of aromatic nitrogens is 2. The van der Waals surface area contributed by atoms with E-state index in [1.54, 1.807) is 0 Å². The molecule has 7 nitrogen and oxygen atoms in total. The van der Waals surface area contributed by atoms with Crippen LogP contribution < -0.4 is 10.6 Å². The number of piperazine rings is 1. The Morgan fingerprint density at radius 2 is 1.85 bits per heavy atom. The van der Waals surface area contributed by atoms with Crippen molar-refractivity contribution in [1.82, 2.24) is 14.9 Å². The van der Waals surface area contributed by atoms with E-state index in [0.29, 0.717) is 19.0 Å². The highest BCUT2D eigenvalue weighted by Gasteiger charge is 2.34. The Balaban J connectivity index is 2.00. The van der Waals surface area contributed by atoms with Crippen molar-refractivity contribution in [3.63, 3.8) is 0 Å². The molecule has 0 saturated carbocycles. The molecule has 1 saturated heterocycles. The van der Waals surface area contributed by atoms with Crippen LogP contribution in [0.5, 0.6) is 0 Å². The van der Waals surface area contributed by atoms with Crippen molar-refractivity contribution in [3.8, 4) is 0 Å². The van der Waals surface area contributed by atoms with E-state index in [0.717, 1.165) is 25.5 Å². The maximum Gasteiger partial charge on any atom is 0.225 e. The Bertz CT molecular complexity index is 481. The molecule has 1 aromatic heterocycles. The molecule has 20 heavy (non-hydrogen) atoms. The lowest BCUT2D eigenvalue weighted by atomic mass is 10.0. The number of rotatable bonds is 3. The van der Waals surface area contributed by atoms with E-state index in [2.05, 4.69) is 20.0 Å². The first kappa shape index (κ1) is 14.4. The standard InChI is InChI=1S/C12H19FN6O/c1-12(2,10(14)17-20)19-5-3-18(4-6-19)11-15-7-9(13)8-16-11/h7-8,20H,3-6H2,1-2H3,(H2,14,17). The largest absolute Gasteiger partial charge is 0.409 e. The van der Waals surface area contributed by atoms with Crippen molar-refractivity contribution in [2.75, 3.05) is 31.1 Å². The zero-order valence-electron chi connectivity index (χ0n) is 11.6. The Morgan fingerprint density at radius 3 is 2.35 bits per heavy atom. The summed E-state index contributed by atoms with van der Waals surface area (Å²) in [5, 5.41) is 11.9.